The molecule has 1 aromatic carbocycles. The van der Waals surface area contributed by atoms with Gasteiger partial charge in [0, 0.05) is 17.9 Å². The molecule has 1 saturated heterocycles. The van der Waals surface area contributed by atoms with E-state index in [9.17, 15) is 9.59 Å². The number of anilines is 2. The Morgan fingerprint density at radius 3 is 2.78 bits per heavy atom. The number of nitrogens with one attached hydrogen (secondary N) is 1. The van der Waals surface area contributed by atoms with E-state index in [0.717, 1.165) is 5.69 Å². The second kappa shape index (κ2) is 4.61. The van der Waals surface area contributed by atoms with Crippen molar-refractivity contribution >= 4 is 34.8 Å². The van der Waals surface area contributed by atoms with Crippen LogP contribution in [-0.4, -0.2) is 24.2 Å². The summed E-state index contributed by atoms with van der Waals surface area (Å²) < 4.78 is 0. The number of rotatable bonds is 3. The molecule has 1 aromatic rings. The summed E-state index contributed by atoms with van der Waals surface area (Å²) in [5, 5.41) is 2.66. The van der Waals surface area contributed by atoms with Crippen molar-refractivity contribution in [2.24, 2.45) is 5.41 Å². The predicted molar refractivity (Wildman–Crippen MR) is 71.9 cm³/mol. The van der Waals surface area contributed by atoms with Gasteiger partial charge in [-0.3, -0.25) is 9.59 Å². The Morgan fingerprint density at radius 1 is 1.50 bits per heavy atom. The third-order valence-corrected chi connectivity index (χ3v) is 3.18. The highest BCUT2D eigenvalue weighted by molar-refractivity contribution is 6.29. The number of hydrogen-bond acceptors (Lipinski definition) is 2. The molecule has 0 radical (unpaired) electrons. The highest BCUT2D eigenvalue weighted by Crippen LogP contribution is 2.35. The molecule has 0 atom stereocenters. The molecule has 0 aliphatic carbocycles. The number of nitrogens with zero attached hydrogens (tertiary/aromatic N) is 1. The Kier molecular flexibility index (Phi) is 3.30. The SMILES string of the molecule is CC1(C)CN(c2cccc(NC(=O)CCl)c2)C1=O. The van der Waals surface area contributed by atoms with Crippen molar-refractivity contribution in [1.82, 2.24) is 0 Å². The fourth-order valence-electron chi connectivity index (χ4n) is 1.96. The van der Waals surface area contributed by atoms with Gasteiger partial charge in [0.05, 0.1) is 5.41 Å². The minimum Gasteiger partial charge on any atom is -0.325 e. The van der Waals surface area contributed by atoms with Gasteiger partial charge in [-0.05, 0) is 32.0 Å². The van der Waals surface area contributed by atoms with Gasteiger partial charge in [0.25, 0.3) is 0 Å². The summed E-state index contributed by atoms with van der Waals surface area (Å²) in [6.45, 7) is 4.54. The van der Waals surface area contributed by atoms with E-state index < -0.39 is 0 Å². The number of benzene rings is 1. The van der Waals surface area contributed by atoms with Crippen LogP contribution in [0.1, 0.15) is 13.8 Å². The number of amides is 2. The molecule has 0 bridgehead atoms. The first-order valence-corrected chi connectivity index (χ1v) is 6.25. The van der Waals surface area contributed by atoms with E-state index >= 15 is 0 Å². The molecule has 1 fully saturated rings. The van der Waals surface area contributed by atoms with E-state index in [2.05, 4.69) is 5.32 Å². The van der Waals surface area contributed by atoms with E-state index in [-0.39, 0.29) is 23.1 Å². The highest BCUT2D eigenvalue weighted by atomic mass is 35.5. The average Bonchev–Trinajstić information content (AvgIpc) is 2.36. The molecule has 0 unspecified atom stereocenters. The molecule has 1 aliphatic heterocycles. The lowest BCUT2D eigenvalue weighted by Crippen LogP contribution is -2.58. The molecule has 2 rings (SSSR count). The van der Waals surface area contributed by atoms with E-state index in [1.165, 1.54) is 0 Å². The van der Waals surface area contributed by atoms with Crippen LogP contribution in [0.25, 0.3) is 0 Å². The molecule has 4 nitrogen and oxygen atoms in total. The van der Waals surface area contributed by atoms with Crippen LogP contribution in [0.4, 0.5) is 11.4 Å². The third kappa shape index (κ3) is 2.34. The monoisotopic (exact) mass is 266 g/mol. The van der Waals surface area contributed by atoms with Crippen molar-refractivity contribution in [3.05, 3.63) is 24.3 Å². The van der Waals surface area contributed by atoms with Crippen LogP contribution in [0, 0.1) is 5.41 Å². The zero-order valence-electron chi connectivity index (χ0n) is 10.4. The van der Waals surface area contributed by atoms with Crippen molar-refractivity contribution in [2.75, 3.05) is 22.6 Å². The summed E-state index contributed by atoms with van der Waals surface area (Å²) in [7, 11) is 0. The van der Waals surface area contributed by atoms with E-state index in [1.54, 1.807) is 23.1 Å². The van der Waals surface area contributed by atoms with Gasteiger partial charge in [-0.2, -0.15) is 0 Å². The molecular formula is C13H15ClN2O2. The second-order valence-electron chi connectivity index (χ2n) is 5.01. The number of hydrogen-bond donors (Lipinski definition) is 1. The van der Waals surface area contributed by atoms with Crippen LogP contribution < -0.4 is 10.2 Å². The highest BCUT2D eigenvalue weighted by Gasteiger charge is 2.44. The molecular weight excluding hydrogens is 252 g/mol. The van der Waals surface area contributed by atoms with Crippen LogP contribution >= 0.6 is 11.6 Å². The molecule has 5 heteroatoms. The normalized spacial score (nSPS) is 17.3. The van der Waals surface area contributed by atoms with Crippen LogP contribution in [0.3, 0.4) is 0 Å². The maximum absolute atomic E-state index is 11.9. The molecule has 0 saturated carbocycles. The summed E-state index contributed by atoms with van der Waals surface area (Å²) in [5.41, 5.74) is 1.16. The van der Waals surface area contributed by atoms with Gasteiger partial charge in [-0.1, -0.05) is 6.07 Å². The molecule has 18 heavy (non-hydrogen) atoms. The third-order valence-electron chi connectivity index (χ3n) is 2.94. The lowest BCUT2D eigenvalue weighted by Gasteiger charge is -2.44. The Morgan fingerprint density at radius 2 is 2.22 bits per heavy atom. The minimum absolute atomic E-state index is 0.0834. The van der Waals surface area contributed by atoms with Crippen LogP contribution in [-0.2, 0) is 9.59 Å². The summed E-state index contributed by atoms with van der Waals surface area (Å²) in [6.07, 6.45) is 0. The predicted octanol–water partition coefficient (Wildman–Crippen LogP) is 2.24. The molecule has 2 amide bonds. The second-order valence-corrected chi connectivity index (χ2v) is 5.27. The van der Waals surface area contributed by atoms with Crippen molar-refractivity contribution < 1.29 is 9.59 Å². The molecule has 0 aromatic heterocycles. The van der Waals surface area contributed by atoms with Crippen LogP contribution in [0.5, 0.6) is 0 Å². The summed E-state index contributed by atoms with van der Waals surface area (Å²) in [5.74, 6) is -0.243. The topological polar surface area (TPSA) is 49.4 Å². The van der Waals surface area contributed by atoms with E-state index in [4.69, 9.17) is 11.6 Å². The average molecular weight is 267 g/mol. The lowest BCUT2D eigenvalue weighted by atomic mass is 9.83. The fourth-order valence-corrected chi connectivity index (χ4v) is 2.03. The van der Waals surface area contributed by atoms with Crippen molar-refractivity contribution in [3.63, 3.8) is 0 Å². The van der Waals surface area contributed by atoms with Gasteiger partial charge in [0.15, 0.2) is 0 Å². The Hall–Kier alpha value is -1.55. The van der Waals surface area contributed by atoms with Gasteiger partial charge >= 0.3 is 0 Å². The molecule has 0 spiro atoms. The number of carbonyl (C=O) groups excluding carboxylic acids is 2. The molecule has 1 aliphatic rings. The number of alkyl halides is 1. The van der Waals surface area contributed by atoms with Gasteiger partial charge in [0.2, 0.25) is 11.8 Å². The largest absolute Gasteiger partial charge is 0.325 e. The summed E-state index contributed by atoms with van der Waals surface area (Å²) in [4.78, 5) is 24.8. The maximum atomic E-state index is 11.9. The van der Waals surface area contributed by atoms with Crippen molar-refractivity contribution in [3.8, 4) is 0 Å². The molecule has 1 heterocycles. The number of carbonyl (C=O) groups is 2. The van der Waals surface area contributed by atoms with Crippen LogP contribution in [0.2, 0.25) is 0 Å². The summed E-state index contributed by atoms with van der Waals surface area (Å²) >= 11 is 5.43. The lowest BCUT2D eigenvalue weighted by molar-refractivity contribution is -0.132. The first-order valence-electron chi connectivity index (χ1n) is 5.72. The van der Waals surface area contributed by atoms with Crippen molar-refractivity contribution in [1.29, 1.82) is 0 Å². The zero-order chi connectivity index (χ0) is 13.3. The Labute approximate surface area is 111 Å². The first-order chi connectivity index (χ1) is 8.44. The fraction of sp³-hybridized carbons (Fsp3) is 0.385. The Bertz CT molecular complexity index is 500. The standard InChI is InChI=1S/C13H15ClN2O2/c1-13(2)8-16(12(13)18)10-5-3-4-9(6-10)15-11(17)7-14/h3-6H,7-8H2,1-2H3,(H,15,17). The number of halogens is 1. The first kappa shape index (κ1) is 12.9. The quantitative estimate of drug-likeness (QED) is 0.674. The minimum atomic E-state index is -0.282. The van der Waals surface area contributed by atoms with Gasteiger partial charge in [-0.15, -0.1) is 11.6 Å². The van der Waals surface area contributed by atoms with Crippen LogP contribution in [0.15, 0.2) is 24.3 Å². The molecule has 1 N–H and O–H groups in total. The van der Waals surface area contributed by atoms with Gasteiger partial charge < -0.3 is 10.2 Å². The molecule has 96 valence electrons. The van der Waals surface area contributed by atoms with E-state index in [0.29, 0.717) is 12.2 Å². The van der Waals surface area contributed by atoms with E-state index in [1.807, 2.05) is 19.9 Å². The zero-order valence-corrected chi connectivity index (χ0v) is 11.1. The van der Waals surface area contributed by atoms with Crippen molar-refractivity contribution in [2.45, 2.75) is 13.8 Å². The smallest absolute Gasteiger partial charge is 0.239 e. The van der Waals surface area contributed by atoms with Gasteiger partial charge in [-0.25, -0.2) is 0 Å². The number of β-lactam (4-membered cyclic amide) rings is 1. The Balaban J connectivity index is 2.14. The maximum Gasteiger partial charge on any atom is 0.239 e. The summed E-state index contributed by atoms with van der Waals surface area (Å²) in [6, 6.07) is 7.20. The van der Waals surface area contributed by atoms with Gasteiger partial charge in [0.1, 0.15) is 5.88 Å².